The predicted octanol–water partition coefficient (Wildman–Crippen LogP) is -0.364. The smallest absolute Gasteiger partial charge is 2.00 e. The molecule has 6 heteroatoms. The zero-order valence-electron chi connectivity index (χ0n) is 2.37. The summed E-state index contributed by atoms with van der Waals surface area (Å²) in [4.78, 5) is 0. The number of hydrogen-bond acceptors (Lipinski definition) is 0. The molecule has 0 saturated heterocycles. The van der Waals surface area contributed by atoms with Gasteiger partial charge in [-0.3, -0.25) is 0 Å². The number of rotatable bonds is 0. The van der Waals surface area contributed by atoms with E-state index in [0.29, 0.717) is 0 Å². The fourth-order valence-electron chi connectivity index (χ4n) is 0. The van der Waals surface area contributed by atoms with Gasteiger partial charge in [-0.2, -0.15) is 0 Å². The molecule has 0 aromatic heterocycles. The van der Waals surface area contributed by atoms with Crippen LogP contribution in [0.15, 0.2) is 0 Å². The van der Waals surface area contributed by atoms with E-state index in [1.807, 2.05) is 0 Å². The van der Waals surface area contributed by atoms with E-state index in [9.17, 15) is 0 Å². The molecule has 0 unspecified atom stereocenters. The van der Waals surface area contributed by atoms with Crippen LogP contribution in [0.1, 0.15) is 0 Å². The topological polar surface area (TPSA) is 85.5 Å². The van der Waals surface area contributed by atoms with Crippen LogP contribution in [0.3, 0.4) is 0 Å². The van der Waals surface area contributed by atoms with E-state index >= 15 is 0 Å². The molecule has 0 amide bonds. The standard InChI is InChI=1S/Co.2Cr.3O/q;2*+3;3*-2. The second-order valence-electron chi connectivity index (χ2n) is 0. The Morgan fingerprint density at radius 3 is 0.500 bits per heavy atom. The van der Waals surface area contributed by atoms with Crippen LogP contribution < -0.4 is 0 Å². The first-order chi connectivity index (χ1) is 0. The molecule has 39 valence electrons. The van der Waals surface area contributed by atoms with E-state index in [2.05, 4.69) is 0 Å². The van der Waals surface area contributed by atoms with Crippen LogP contribution in [0.25, 0.3) is 0 Å². The Kier molecular flexibility index (Phi) is 2230. The van der Waals surface area contributed by atoms with E-state index in [1.54, 1.807) is 0 Å². The fourth-order valence-corrected chi connectivity index (χ4v) is 0. The summed E-state index contributed by atoms with van der Waals surface area (Å²) in [5.41, 5.74) is 0. The van der Waals surface area contributed by atoms with Crippen LogP contribution in [0.5, 0.6) is 0 Å². The van der Waals surface area contributed by atoms with Gasteiger partial charge in [-0.25, -0.2) is 0 Å². The molecule has 6 heavy (non-hydrogen) atoms. The molecule has 0 aliphatic heterocycles. The minimum absolute atomic E-state index is 0. The van der Waals surface area contributed by atoms with Gasteiger partial charge in [0.1, 0.15) is 0 Å². The zero-order valence-corrected chi connectivity index (χ0v) is 5.97. The van der Waals surface area contributed by atoms with Gasteiger partial charge in [-0.1, -0.05) is 0 Å². The third-order valence-corrected chi connectivity index (χ3v) is 0. The molecule has 0 saturated carbocycles. The Morgan fingerprint density at radius 1 is 0.500 bits per heavy atom. The molecule has 0 aromatic carbocycles. The average Bonchev–Trinajstić information content (AvgIpc) is 0. The van der Waals surface area contributed by atoms with Crippen molar-refractivity contribution in [3.63, 3.8) is 0 Å². The van der Waals surface area contributed by atoms with Crippen molar-refractivity contribution in [1.82, 2.24) is 0 Å². The normalized spacial score (nSPS) is 0. The molecular formula is CoCr2O3. The average molecular weight is 211 g/mol. The molecule has 0 atom stereocenters. The first-order valence-electron chi connectivity index (χ1n) is 0. The van der Waals surface area contributed by atoms with Crippen molar-refractivity contribution in [3.05, 3.63) is 0 Å². The summed E-state index contributed by atoms with van der Waals surface area (Å²) in [7, 11) is 0. The quantitative estimate of drug-likeness (QED) is 0.523. The minimum atomic E-state index is 0. The second kappa shape index (κ2) is 91.0. The molecule has 0 heterocycles. The molecule has 0 aliphatic carbocycles. The fraction of sp³-hybridized carbons (Fsp3) is 0. The Morgan fingerprint density at radius 2 is 0.500 bits per heavy atom. The van der Waals surface area contributed by atoms with Crippen molar-refractivity contribution in [1.29, 1.82) is 0 Å². The molecule has 0 aliphatic rings. The van der Waals surface area contributed by atoms with Crippen LogP contribution in [0, 0.1) is 0 Å². The Hall–Kier alpha value is 1.45. The van der Waals surface area contributed by atoms with E-state index < -0.39 is 0 Å². The SMILES string of the molecule is [Co].[Cr+3].[Cr+3].[O-2].[O-2].[O-2]. The molecule has 0 spiro atoms. The van der Waals surface area contributed by atoms with E-state index in [0.717, 1.165) is 0 Å². The summed E-state index contributed by atoms with van der Waals surface area (Å²) in [6.45, 7) is 0. The van der Waals surface area contributed by atoms with Crippen molar-refractivity contribution in [2.45, 2.75) is 0 Å². The number of hydrogen-bond donors (Lipinski definition) is 0. The van der Waals surface area contributed by atoms with Crippen molar-refractivity contribution in [3.8, 4) is 0 Å². The third kappa shape index (κ3) is 51.3. The summed E-state index contributed by atoms with van der Waals surface area (Å²) in [5.74, 6) is 0. The molecule has 3 nitrogen and oxygen atoms in total. The van der Waals surface area contributed by atoms with Crippen LogP contribution in [-0.4, -0.2) is 0 Å². The first-order valence-corrected chi connectivity index (χ1v) is 0. The summed E-state index contributed by atoms with van der Waals surface area (Å²) in [6.07, 6.45) is 0. The molecule has 0 N–H and O–H groups in total. The van der Waals surface area contributed by atoms with Gasteiger partial charge in [0, 0.05) is 16.8 Å². The Bertz CT molecular complexity index is 8.75. The van der Waals surface area contributed by atoms with Gasteiger partial charge >= 0.3 is 34.7 Å². The van der Waals surface area contributed by atoms with E-state index in [-0.39, 0.29) is 67.9 Å². The monoisotopic (exact) mass is 211 g/mol. The minimum Gasteiger partial charge on any atom is -2.00 e. The van der Waals surface area contributed by atoms with Crippen molar-refractivity contribution >= 4 is 0 Å². The van der Waals surface area contributed by atoms with Crippen molar-refractivity contribution in [2.24, 2.45) is 0 Å². The zero-order chi connectivity index (χ0) is 0. The van der Waals surface area contributed by atoms with Gasteiger partial charge in [0.15, 0.2) is 0 Å². The Labute approximate surface area is 67.9 Å². The van der Waals surface area contributed by atoms with Crippen LogP contribution >= 0.6 is 0 Å². The van der Waals surface area contributed by atoms with E-state index in [1.165, 1.54) is 0 Å². The molecule has 0 aromatic rings. The van der Waals surface area contributed by atoms with Gasteiger partial charge in [0.25, 0.3) is 0 Å². The van der Waals surface area contributed by atoms with Crippen LogP contribution in [0.2, 0.25) is 0 Å². The van der Waals surface area contributed by atoms with Crippen LogP contribution in [-0.2, 0) is 67.9 Å². The van der Waals surface area contributed by atoms with E-state index in [4.69, 9.17) is 0 Å². The van der Waals surface area contributed by atoms with Gasteiger partial charge < -0.3 is 16.4 Å². The van der Waals surface area contributed by atoms with Crippen molar-refractivity contribution in [2.75, 3.05) is 0 Å². The largest absolute Gasteiger partial charge is 3.00 e. The molecule has 0 rings (SSSR count). The second-order valence-corrected chi connectivity index (χ2v) is 0. The maximum Gasteiger partial charge on any atom is 3.00 e. The summed E-state index contributed by atoms with van der Waals surface area (Å²) in [6, 6.07) is 0. The molecule has 3 radical (unpaired) electrons. The van der Waals surface area contributed by atoms with Gasteiger partial charge in [-0.05, 0) is 0 Å². The summed E-state index contributed by atoms with van der Waals surface area (Å²) in [5, 5.41) is 0. The van der Waals surface area contributed by atoms with Gasteiger partial charge in [0.2, 0.25) is 0 Å². The maximum atomic E-state index is 0. The third-order valence-electron chi connectivity index (χ3n) is 0. The van der Waals surface area contributed by atoms with Gasteiger partial charge in [0.05, 0.1) is 0 Å². The molecular weight excluding hydrogens is 211 g/mol. The van der Waals surface area contributed by atoms with Gasteiger partial charge in [-0.15, -0.1) is 0 Å². The Balaban J connectivity index is 0. The maximum absolute atomic E-state index is 0. The summed E-state index contributed by atoms with van der Waals surface area (Å²) < 4.78 is 0. The van der Waals surface area contributed by atoms with Crippen molar-refractivity contribution < 1.29 is 67.9 Å². The first kappa shape index (κ1) is 147. The summed E-state index contributed by atoms with van der Waals surface area (Å²) >= 11 is 0. The van der Waals surface area contributed by atoms with Crippen LogP contribution in [0.4, 0.5) is 0 Å². The molecule has 0 fully saturated rings. The molecule has 0 bridgehead atoms. The predicted molar refractivity (Wildman–Crippen MR) is 2.06 cm³/mol.